The Balaban J connectivity index is 0.000000151. The number of piperazine rings is 2. The van der Waals surface area contributed by atoms with Crippen LogP contribution in [0.15, 0.2) is 121 Å². The van der Waals surface area contributed by atoms with E-state index in [2.05, 4.69) is 78.4 Å². The fourth-order valence-electron chi connectivity index (χ4n) is 13.6. The van der Waals surface area contributed by atoms with Gasteiger partial charge in [-0.25, -0.2) is 28.1 Å². The second-order valence-electron chi connectivity index (χ2n) is 27.2. The van der Waals surface area contributed by atoms with Gasteiger partial charge >= 0.3 is 0 Å². The smallest absolute Gasteiger partial charge is 0.206 e. The maximum atomic E-state index is 14.4. The molecule has 0 radical (unpaired) electrons. The van der Waals surface area contributed by atoms with Crippen LogP contribution in [0.3, 0.4) is 0 Å². The predicted octanol–water partition coefficient (Wildman–Crippen LogP) is 17.4. The summed E-state index contributed by atoms with van der Waals surface area (Å²) in [6, 6.07) is 39.7. The van der Waals surface area contributed by atoms with Gasteiger partial charge in [0.2, 0.25) is 17.8 Å². The number of ether oxygens (including phenoxy) is 2. The van der Waals surface area contributed by atoms with Crippen LogP contribution >= 0.6 is 23.2 Å². The van der Waals surface area contributed by atoms with Gasteiger partial charge in [-0.1, -0.05) is 116 Å². The standard InChI is InChI=1S/C29H32ClFN4O.C27H30ClFN4O.C24H31FN4/c1-18(2)36-26-8-6-5-7-23(26)24-15-22(30)16-25-28(24)33-29(34-11-9-32-10-12-34)35(25)17-21-13-19(3)27(31)20(4)14-21;1-16(2)34-24-8-6-5-7-21(24)22-13-20(28)14-23-26(22)32-27(31-10-9-30)33(23)15-19-11-17(3)25(29)18(4)12-19;1-15(2)20-10-16(3)11-21-23(20)27-24(28-8-6-26-7-9-28)29(21)14-19-12-17(4)22(25)18(5)13-19/h5-8,13-16,18,32H,9-12,17H2,1-4H3;5-8,11-14,16H,9-10,15,30H2,1-4H3,(H,31,32);10-13,15,26H,6-9,14H2,1-5H3. The Labute approximate surface area is 590 Å². The van der Waals surface area contributed by atoms with E-state index in [1.54, 1.807) is 13.8 Å². The molecule has 0 atom stereocenters. The summed E-state index contributed by atoms with van der Waals surface area (Å²) in [5.41, 5.74) is 24.9. The zero-order valence-corrected chi connectivity index (χ0v) is 60.8. The van der Waals surface area contributed by atoms with Crippen molar-refractivity contribution in [2.45, 2.75) is 128 Å². The van der Waals surface area contributed by atoms with Gasteiger partial charge in [0.05, 0.1) is 64.9 Å². The first-order chi connectivity index (χ1) is 47.4. The first-order valence-electron chi connectivity index (χ1n) is 34.5. The number of rotatable bonds is 18. The Morgan fingerprint density at radius 1 is 0.475 bits per heavy atom. The van der Waals surface area contributed by atoms with E-state index in [0.717, 1.165) is 142 Å². The van der Waals surface area contributed by atoms with Crippen molar-refractivity contribution in [2.24, 2.45) is 5.73 Å². The van der Waals surface area contributed by atoms with Crippen molar-refractivity contribution >= 4 is 74.1 Å². The van der Waals surface area contributed by atoms with E-state index in [9.17, 15) is 13.2 Å². The third kappa shape index (κ3) is 16.2. The number of imidazole rings is 3. The molecular formula is C80H93Cl2F3N12O2. The number of hydrogen-bond donors (Lipinski definition) is 4. The van der Waals surface area contributed by atoms with Gasteiger partial charge in [0.25, 0.3) is 0 Å². The maximum absolute atomic E-state index is 14.4. The van der Waals surface area contributed by atoms with Crippen molar-refractivity contribution in [3.8, 4) is 33.8 Å². The first-order valence-corrected chi connectivity index (χ1v) is 35.2. The fourth-order valence-corrected chi connectivity index (χ4v) is 14.0. The molecule has 2 saturated heterocycles. The summed E-state index contributed by atoms with van der Waals surface area (Å²) >= 11 is 13.3. The first kappa shape index (κ1) is 71.7. The molecule has 0 aliphatic carbocycles. The number of halogens is 5. The van der Waals surface area contributed by atoms with Crippen molar-refractivity contribution in [3.63, 3.8) is 0 Å². The van der Waals surface area contributed by atoms with Crippen LogP contribution in [0.1, 0.15) is 109 Å². The highest BCUT2D eigenvalue weighted by Crippen LogP contribution is 2.42. The lowest BCUT2D eigenvalue weighted by atomic mass is 9.99. The zero-order chi connectivity index (χ0) is 70.5. The number of anilines is 3. The molecule has 99 heavy (non-hydrogen) atoms. The summed E-state index contributed by atoms with van der Waals surface area (Å²) in [7, 11) is 0. The maximum Gasteiger partial charge on any atom is 0.206 e. The Hall–Kier alpha value is -8.58. The van der Waals surface area contributed by atoms with Crippen LogP contribution in [0, 0.1) is 65.9 Å². The summed E-state index contributed by atoms with van der Waals surface area (Å²) in [6.45, 7) is 35.7. The molecule has 0 bridgehead atoms. The van der Waals surface area contributed by atoms with Crippen LogP contribution < -0.4 is 41.0 Å². The molecule has 8 aromatic carbocycles. The summed E-state index contributed by atoms with van der Waals surface area (Å²) in [6.07, 6.45) is 0.0693. The van der Waals surface area contributed by atoms with Gasteiger partial charge in [-0.2, -0.15) is 0 Å². The van der Waals surface area contributed by atoms with E-state index in [1.165, 1.54) is 16.6 Å². The van der Waals surface area contributed by atoms with Gasteiger partial charge in [-0.15, -0.1) is 0 Å². The quantitative estimate of drug-likeness (QED) is 0.0653. The molecular weight excluding hydrogens is 1290 g/mol. The number of aryl methyl sites for hydroxylation is 7. The average Bonchev–Trinajstić information content (AvgIpc) is 1.63. The highest BCUT2D eigenvalue weighted by atomic mass is 35.5. The number of hydrogen-bond acceptors (Lipinski definition) is 11. The summed E-state index contributed by atoms with van der Waals surface area (Å²) in [5, 5.41) is 11.4. The minimum absolute atomic E-state index is 0.0279. The van der Waals surface area contributed by atoms with E-state index < -0.39 is 0 Å². The number of para-hydroxylation sites is 2. The molecule has 5 N–H and O–H groups in total. The van der Waals surface area contributed by atoms with E-state index in [-0.39, 0.29) is 29.7 Å². The summed E-state index contributed by atoms with van der Waals surface area (Å²) < 4.78 is 61.6. The molecule has 11 aromatic rings. The second kappa shape index (κ2) is 31.3. The molecule has 0 spiro atoms. The molecule has 2 aliphatic rings. The SMILES string of the molecule is Cc1cc(C(C)C)c2nc(N3CCNCC3)n(Cc3cc(C)c(F)c(C)c3)c2c1.Cc1cc(Cn2c(N3CCNCC3)nc3c(-c4ccccc4OC(C)C)cc(Cl)cc32)cc(C)c1F.Cc1cc(Cn2c(NCCN)nc3c(-c4ccccc4OC(C)C)cc(Cl)cc32)cc(C)c1F. The van der Waals surface area contributed by atoms with Crippen molar-refractivity contribution in [2.75, 3.05) is 80.6 Å². The number of nitrogens with two attached hydrogens (primary N) is 1. The molecule has 3 aromatic heterocycles. The lowest BCUT2D eigenvalue weighted by Crippen LogP contribution is -2.44. The van der Waals surface area contributed by atoms with Crippen LogP contribution in [0.2, 0.25) is 10.0 Å². The predicted molar refractivity (Wildman–Crippen MR) is 403 cm³/mol. The number of nitrogens with zero attached hydrogens (tertiary/aromatic N) is 8. The molecule has 0 amide bonds. The fraction of sp³-hybridized carbons (Fsp3) is 0.362. The van der Waals surface area contributed by atoms with E-state index in [0.29, 0.717) is 88.0 Å². The van der Waals surface area contributed by atoms with Crippen molar-refractivity contribution in [1.29, 1.82) is 0 Å². The average molecular weight is 1380 g/mol. The lowest BCUT2D eigenvalue weighted by Gasteiger charge is -2.29. The molecule has 2 fully saturated rings. The number of benzene rings is 8. The van der Waals surface area contributed by atoms with Crippen molar-refractivity contribution < 1.29 is 22.6 Å². The number of fused-ring (bicyclic) bond motifs is 3. The summed E-state index contributed by atoms with van der Waals surface area (Å²) in [5.74, 6) is 4.17. The minimum atomic E-state index is -0.173. The van der Waals surface area contributed by atoms with Gasteiger partial charge in [0, 0.05) is 97.7 Å². The molecule has 520 valence electrons. The molecule has 2 aliphatic heterocycles. The van der Waals surface area contributed by atoms with Crippen LogP contribution in [0.4, 0.5) is 31.0 Å². The Kier molecular flexibility index (Phi) is 22.7. The van der Waals surface area contributed by atoms with Crippen LogP contribution in [-0.4, -0.2) is 106 Å². The Morgan fingerprint density at radius 3 is 1.25 bits per heavy atom. The third-order valence-corrected chi connectivity index (χ3v) is 18.5. The van der Waals surface area contributed by atoms with Gasteiger partial charge in [-0.05, 0) is 186 Å². The second-order valence-corrected chi connectivity index (χ2v) is 28.1. The number of nitrogens with one attached hydrogen (secondary N) is 3. The minimum Gasteiger partial charge on any atom is -0.490 e. The van der Waals surface area contributed by atoms with Crippen LogP contribution in [0.5, 0.6) is 11.5 Å². The Bertz CT molecular complexity index is 4650. The molecule has 13 rings (SSSR count). The van der Waals surface area contributed by atoms with Gasteiger partial charge in [0.15, 0.2) is 0 Å². The molecule has 0 saturated carbocycles. The molecule has 19 heteroatoms. The van der Waals surface area contributed by atoms with Crippen molar-refractivity contribution in [1.82, 2.24) is 39.3 Å². The molecule has 0 unspecified atom stereocenters. The van der Waals surface area contributed by atoms with Crippen LogP contribution in [-0.2, 0) is 19.6 Å². The van der Waals surface area contributed by atoms with E-state index in [4.69, 9.17) is 53.4 Å². The Morgan fingerprint density at radius 2 is 0.848 bits per heavy atom. The monoisotopic (exact) mass is 1380 g/mol. The largest absolute Gasteiger partial charge is 0.490 e. The topological polar surface area (TPSA) is 141 Å². The third-order valence-electron chi connectivity index (χ3n) is 18.1. The van der Waals surface area contributed by atoms with Gasteiger partial charge < -0.3 is 54.7 Å². The highest BCUT2D eigenvalue weighted by Gasteiger charge is 2.27. The van der Waals surface area contributed by atoms with E-state index in [1.807, 2.05) is 159 Å². The molecule has 5 heterocycles. The normalized spacial score (nSPS) is 13.4. The van der Waals surface area contributed by atoms with Crippen molar-refractivity contribution in [3.05, 3.63) is 210 Å². The van der Waals surface area contributed by atoms with E-state index >= 15 is 0 Å². The van der Waals surface area contributed by atoms with Crippen LogP contribution in [0.25, 0.3) is 55.4 Å². The highest BCUT2D eigenvalue weighted by molar-refractivity contribution is 6.32. The summed E-state index contributed by atoms with van der Waals surface area (Å²) in [4.78, 5) is 20.0. The number of aromatic nitrogens is 6. The zero-order valence-electron chi connectivity index (χ0n) is 59.3. The lowest BCUT2D eigenvalue weighted by molar-refractivity contribution is 0.243. The van der Waals surface area contributed by atoms with Gasteiger partial charge in [0.1, 0.15) is 29.0 Å². The van der Waals surface area contributed by atoms with Gasteiger partial charge in [-0.3, -0.25) is 0 Å². The molecule has 14 nitrogen and oxygen atoms in total.